The third-order valence-corrected chi connectivity index (χ3v) is 4.61. The first-order valence-corrected chi connectivity index (χ1v) is 7.47. The molecule has 1 saturated heterocycles. The Morgan fingerprint density at radius 2 is 1.79 bits per heavy atom. The summed E-state index contributed by atoms with van der Waals surface area (Å²) < 4.78 is 0. The normalized spacial score (nSPS) is 21.3. The van der Waals surface area contributed by atoms with Crippen molar-refractivity contribution in [2.45, 2.75) is 39.7 Å². The van der Waals surface area contributed by atoms with Gasteiger partial charge in [-0.25, -0.2) is 0 Å². The van der Waals surface area contributed by atoms with Crippen LogP contribution in [0, 0.1) is 12.3 Å². The monoisotopic (exact) mass is 260 g/mol. The Morgan fingerprint density at radius 3 is 2.37 bits per heavy atom. The summed E-state index contributed by atoms with van der Waals surface area (Å²) >= 11 is 0. The molecule has 2 nitrogen and oxygen atoms in total. The molecule has 0 amide bonds. The lowest BCUT2D eigenvalue weighted by Gasteiger charge is -2.38. The number of aryl methyl sites for hydroxylation is 1. The van der Waals surface area contributed by atoms with Crippen LogP contribution >= 0.6 is 0 Å². The number of nitrogens with one attached hydrogen (secondary N) is 1. The molecule has 2 rings (SSSR count). The van der Waals surface area contributed by atoms with Gasteiger partial charge in [-0.1, -0.05) is 36.8 Å². The van der Waals surface area contributed by atoms with Crippen molar-refractivity contribution >= 4 is 0 Å². The number of piperidine rings is 1. The maximum atomic E-state index is 3.72. The lowest BCUT2D eigenvalue weighted by Crippen LogP contribution is -2.42. The van der Waals surface area contributed by atoms with Crippen LogP contribution in [0.2, 0.25) is 0 Å². The van der Waals surface area contributed by atoms with E-state index in [2.05, 4.69) is 62.3 Å². The predicted octanol–water partition coefficient (Wildman–Crippen LogP) is 3.38. The molecule has 0 aromatic heterocycles. The number of likely N-dealkylation sites (tertiary alicyclic amines) is 1. The smallest absolute Gasteiger partial charge is 0.0292 e. The Morgan fingerprint density at radius 1 is 1.21 bits per heavy atom. The zero-order valence-electron chi connectivity index (χ0n) is 12.9. The van der Waals surface area contributed by atoms with Crippen molar-refractivity contribution in [1.29, 1.82) is 0 Å². The number of benzene rings is 1. The minimum atomic E-state index is 0.442. The quantitative estimate of drug-likeness (QED) is 0.893. The highest BCUT2D eigenvalue weighted by Gasteiger charge is 2.28. The van der Waals surface area contributed by atoms with E-state index in [1.807, 2.05) is 0 Å². The summed E-state index contributed by atoms with van der Waals surface area (Å²) in [6, 6.07) is 9.32. The van der Waals surface area contributed by atoms with Crippen molar-refractivity contribution in [3.8, 4) is 0 Å². The fourth-order valence-corrected chi connectivity index (χ4v) is 2.71. The molecule has 2 heteroatoms. The molecule has 19 heavy (non-hydrogen) atoms. The zero-order valence-corrected chi connectivity index (χ0v) is 12.9. The van der Waals surface area contributed by atoms with Gasteiger partial charge < -0.3 is 10.2 Å². The van der Waals surface area contributed by atoms with Gasteiger partial charge in [-0.3, -0.25) is 0 Å². The summed E-state index contributed by atoms with van der Waals surface area (Å²) in [6.45, 7) is 10.4. The predicted molar refractivity (Wildman–Crippen MR) is 82.4 cm³/mol. The van der Waals surface area contributed by atoms with Crippen LogP contribution in [0.4, 0.5) is 0 Å². The van der Waals surface area contributed by atoms with Crippen LogP contribution < -0.4 is 5.32 Å². The van der Waals surface area contributed by atoms with Crippen molar-refractivity contribution in [2.24, 2.45) is 5.41 Å². The average molecular weight is 260 g/mol. The van der Waals surface area contributed by atoms with Crippen molar-refractivity contribution < 1.29 is 0 Å². The molecule has 0 aliphatic carbocycles. The molecule has 1 aliphatic heterocycles. The highest BCUT2D eigenvalue weighted by Crippen LogP contribution is 2.30. The molecule has 1 unspecified atom stereocenters. The molecular formula is C17H28N2. The third kappa shape index (κ3) is 4.05. The van der Waals surface area contributed by atoms with Crippen molar-refractivity contribution in [1.82, 2.24) is 10.2 Å². The molecule has 0 radical (unpaired) electrons. The highest BCUT2D eigenvalue weighted by molar-refractivity contribution is 5.23. The largest absolute Gasteiger partial charge is 0.310 e. The Bertz CT molecular complexity index is 388. The minimum absolute atomic E-state index is 0.442. The molecule has 1 fully saturated rings. The second kappa shape index (κ2) is 6.06. The van der Waals surface area contributed by atoms with Gasteiger partial charge in [0.05, 0.1) is 0 Å². The maximum absolute atomic E-state index is 3.72. The third-order valence-electron chi connectivity index (χ3n) is 4.61. The number of hydrogen-bond acceptors (Lipinski definition) is 2. The van der Waals surface area contributed by atoms with E-state index in [-0.39, 0.29) is 0 Å². The van der Waals surface area contributed by atoms with Crippen LogP contribution in [0.15, 0.2) is 24.3 Å². The summed E-state index contributed by atoms with van der Waals surface area (Å²) in [5, 5.41) is 3.72. The van der Waals surface area contributed by atoms with Gasteiger partial charge in [0.25, 0.3) is 0 Å². The molecule has 0 saturated carbocycles. The zero-order chi connectivity index (χ0) is 13.9. The van der Waals surface area contributed by atoms with Crippen LogP contribution in [0.1, 0.15) is 43.9 Å². The molecule has 0 bridgehead atoms. The van der Waals surface area contributed by atoms with E-state index >= 15 is 0 Å². The maximum Gasteiger partial charge on any atom is 0.0292 e. The minimum Gasteiger partial charge on any atom is -0.310 e. The van der Waals surface area contributed by atoms with Gasteiger partial charge in [0, 0.05) is 12.6 Å². The van der Waals surface area contributed by atoms with E-state index in [0.717, 1.165) is 6.54 Å². The van der Waals surface area contributed by atoms with E-state index in [1.54, 1.807) is 0 Å². The van der Waals surface area contributed by atoms with Gasteiger partial charge in [0.15, 0.2) is 0 Å². The van der Waals surface area contributed by atoms with Crippen LogP contribution in [0.3, 0.4) is 0 Å². The lowest BCUT2D eigenvalue weighted by atomic mass is 9.80. The summed E-state index contributed by atoms with van der Waals surface area (Å²) in [5.41, 5.74) is 3.19. The first-order valence-electron chi connectivity index (χ1n) is 7.47. The SMILES string of the molecule is Cc1ccc(C(C)NCC2(C)CCN(C)CC2)cc1. The fraction of sp³-hybridized carbons (Fsp3) is 0.647. The van der Waals surface area contributed by atoms with Crippen LogP contribution in [0.25, 0.3) is 0 Å². The molecule has 1 aromatic carbocycles. The van der Waals surface area contributed by atoms with Gasteiger partial charge in [-0.15, -0.1) is 0 Å². The summed E-state index contributed by atoms with van der Waals surface area (Å²) in [4.78, 5) is 2.44. The molecule has 0 spiro atoms. The van der Waals surface area contributed by atoms with E-state index < -0.39 is 0 Å². The van der Waals surface area contributed by atoms with Crippen molar-refractivity contribution in [3.63, 3.8) is 0 Å². The molecule has 1 aliphatic rings. The van der Waals surface area contributed by atoms with Crippen LogP contribution in [-0.4, -0.2) is 31.6 Å². The summed E-state index contributed by atoms with van der Waals surface area (Å²) in [5.74, 6) is 0. The molecule has 1 atom stereocenters. The number of rotatable bonds is 4. The summed E-state index contributed by atoms with van der Waals surface area (Å²) in [6.07, 6.45) is 2.61. The Balaban J connectivity index is 1.86. The van der Waals surface area contributed by atoms with Crippen molar-refractivity contribution in [2.75, 3.05) is 26.7 Å². The first kappa shape index (κ1) is 14.5. The Hall–Kier alpha value is -0.860. The summed E-state index contributed by atoms with van der Waals surface area (Å²) in [7, 11) is 2.22. The van der Waals surface area contributed by atoms with Crippen molar-refractivity contribution in [3.05, 3.63) is 35.4 Å². The van der Waals surface area contributed by atoms with E-state index in [9.17, 15) is 0 Å². The first-order chi connectivity index (χ1) is 8.98. The Labute approximate surface area is 118 Å². The van der Waals surface area contributed by atoms with Gasteiger partial charge in [0.1, 0.15) is 0 Å². The molecule has 1 aromatic rings. The topological polar surface area (TPSA) is 15.3 Å². The molecule has 1 heterocycles. The lowest BCUT2D eigenvalue weighted by molar-refractivity contribution is 0.134. The fourth-order valence-electron chi connectivity index (χ4n) is 2.71. The van der Waals surface area contributed by atoms with Gasteiger partial charge in [0.2, 0.25) is 0 Å². The van der Waals surface area contributed by atoms with Gasteiger partial charge in [-0.2, -0.15) is 0 Å². The molecule has 106 valence electrons. The van der Waals surface area contributed by atoms with E-state index in [1.165, 1.54) is 37.1 Å². The second-order valence-corrected chi connectivity index (χ2v) is 6.63. The second-order valence-electron chi connectivity index (χ2n) is 6.63. The van der Waals surface area contributed by atoms with Crippen LogP contribution in [0.5, 0.6) is 0 Å². The average Bonchev–Trinajstić information content (AvgIpc) is 2.41. The molecule has 1 N–H and O–H groups in total. The number of nitrogens with zero attached hydrogens (tertiary/aromatic N) is 1. The molecular weight excluding hydrogens is 232 g/mol. The van der Waals surface area contributed by atoms with Gasteiger partial charge in [-0.05, 0) is 57.8 Å². The standard InChI is InChI=1S/C17H28N2/c1-14-5-7-16(8-6-14)15(2)18-13-17(3)9-11-19(4)12-10-17/h5-8,15,18H,9-13H2,1-4H3. The highest BCUT2D eigenvalue weighted by atomic mass is 15.1. The van der Waals surface area contributed by atoms with Gasteiger partial charge >= 0.3 is 0 Å². The van der Waals surface area contributed by atoms with E-state index in [4.69, 9.17) is 0 Å². The van der Waals surface area contributed by atoms with Crippen LogP contribution in [-0.2, 0) is 0 Å². The number of hydrogen-bond donors (Lipinski definition) is 1. The Kier molecular flexibility index (Phi) is 4.64. The van der Waals surface area contributed by atoms with E-state index in [0.29, 0.717) is 11.5 Å².